The number of halogens is 1. The van der Waals surface area contributed by atoms with Crippen molar-refractivity contribution in [3.8, 4) is 0 Å². The second kappa shape index (κ2) is 8.08. The molecular formula is C13H18ClNO3. The van der Waals surface area contributed by atoms with Gasteiger partial charge in [0.25, 0.3) is 0 Å². The van der Waals surface area contributed by atoms with E-state index in [9.17, 15) is 4.79 Å². The van der Waals surface area contributed by atoms with Gasteiger partial charge in [-0.15, -0.1) is 0 Å². The first-order valence-corrected chi connectivity index (χ1v) is 6.21. The maximum atomic E-state index is 11.9. The fraction of sp³-hybridized carbons (Fsp3) is 0.462. The van der Waals surface area contributed by atoms with Crippen LogP contribution in [0.25, 0.3) is 0 Å². The molecule has 1 rings (SSSR count). The summed E-state index contributed by atoms with van der Waals surface area (Å²) in [6.45, 7) is 3.17. The smallest absolute Gasteiger partial charge is 0.327 e. The highest BCUT2D eigenvalue weighted by molar-refractivity contribution is 6.31. The van der Waals surface area contributed by atoms with Gasteiger partial charge >= 0.3 is 5.97 Å². The SMILES string of the molecule is CCOC(=O)C(NCCOC)c1ccccc1Cl. The molecule has 0 spiro atoms. The van der Waals surface area contributed by atoms with Gasteiger partial charge < -0.3 is 9.47 Å². The summed E-state index contributed by atoms with van der Waals surface area (Å²) in [5.41, 5.74) is 0.716. The van der Waals surface area contributed by atoms with E-state index in [-0.39, 0.29) is 5.97 Å². The molecule has 18 heavy (non-hydrogen) atoms. The van der Waals surface area contributed by atoms with Crippen LogP contribution in [-0.2, 0) is 14.3 Å². The van der Waals surface area contributed by atoms with Gasteiger partial charge in [-0.25, -0.2) is 4.79 Å². The van der Waals surface area contributed by atoms with Crippen LogP contribution < -0.4 is 5.32 Å². The number of hydrogen-bond donors (Lipinski definition) is 1. The number of rotatable bonds is 7. The van der Waals surface area contributed by atoms with Crippen molar-refractivity contribution in [2.75, 3.05) is 26.9 Å². The first kappa shape index (κ1) is 15.0. The molecule has 1 N–H and O–H groups in total. The average molecular weight is 272 g/mol. The van der Waals surface area contributed by atoms with Gasteiger partial charge in [-0.3, -0.25) is 5.32 Å². The Hall–Kier alpha value is -1.10. The van der Waals surface area contributed by atoms with Crippen LogP contribution in [-0.4, -0.2) is 32.8 Å². The Bertz CT molecular complexity index is 384. The third-order valence-electron chi connectivity index (χ3n) is 2.39. The minimum atomic E-state index is -0.561. The van der Waals surface area contributed by atoms with Gasteiger partial charge in [0.1, 0.15) is 6.04 Å². The maximum absolute atomic E-state index is 11.9. The largest absolute Gasteiger partial charge is 0.465 e. The first-order chi connectivity index (χ1) is 8.70. The van der Waals surface area contributed by atoms with Crippen LogP contribution in [0.15, 0.2) is 24.3 Å². The van der Waals surface area contributed by atoms with Crippen molar-refractivity contribution in [1.82, 2.24) is 5.32 Å². The van der Waals surface area contributed by atoms with Crippen molar-refractivity contribution in [2.24, 2.45) is 0 Å². The minimum absolute atomic E-state index is 0.332. The summed E-state index contributed by atoms with van der Waals surface area (Å²) < 4.78 is 9.99. The molecule has 0 fully saturated rings. The minimum Gasteiger partial charge on any atom is -0.465 e. The second-order valence-electron chi connectivity index (χ2n) is 3.65. The van der Waals surface area contributed by atoms with Gasteiger partial charge in [0.15, 0.2) is 0 Å². The Morgan fingerprint density at radius 2 is 2.17 bits per heavy atom. The molecule has 1 atom stereocenters. The number of benzene rings is 1. The average Bonchev–Trinajstić information content (AvgIpc) is 2.36. The number of carbonyl (C=O) groups is 1. The fourth-order valence-corrected chi connectivity index (χ4v) is 1.81. The highest BCUT2D eigenvalue weighted by atomic mass is 35.5. The lowest BCUT2D eigenvalue weighted by atomic mass is 10.1. The monoisotopic (exact) mass is 271 g/mol. The molecule has 1 aromatic rings. The van der Waals surface area contributed by atoms with Crippen molar-refractivity contribution in [1.29, 1.82) is 0 Å². The Labute approximate surface area is 112 Å². The Morgan fingerprint density at radius 3 is 2.78 bits per heavy atom. The van der Waals surface area contributed by atoms with E-state index >= 15 is 0 Å². The number of nitrogens with one attached hydrogen (secondary N) is 1. The van der Waals surface area contributed by atoms with Crippen molar-refractivity contribution < 1.29 is 14.3 Å². The zero-order chi connectivity index (χ0) is 13.4. The van der Waals surface area contributed by atoms with Crippen molar-refractivity contribution in [3.63, 3.8) is 0 Å². The zero-order valence-corrected chi connectivity index (χ0v) is 11.4. The molecule has 1 unspecified atom stereocenters. The van der Waals surface area contributed by atoms with Crippen LogP contribution >= 0.6 is 11.6 Å². The van der Waals surface area contributed by atoms with Crippen molar-refractivity contribution in [3.05, 3.63) is 34.9 Å². The number of hydrogen-bond acceptors (Lipinski definition) is 4. The summed E-state index contributed by atoms with van der Waals surface area (Å²) >= 11 is 6.10. The number of esters is 1. The summed E-state index contributed by atoms with van der Waals surface area (Å²) in [5, 5.41) is 3.62. The molecule has 0 bridgehead atoms. The second-order valence-corrected chi connectivity index (χ2v) is 4.06. The van der Waals surface area contributed by atoms with Crippen LogP contribution in [0, 0.1) is 0 Å². The zero-order valence-electron chi connectivity index (χ0n) is 10.6. The molecule has 0 saturated heterocycles. The van der Waals surface area contributed by atoms with E-state index in [2.05, 4.69) is 5.32 Å². The fourth-order valence-electron chi connectivity index (χ4n) is 1.56. The Morgan fingerprint density at radius 1 is 1.44 bits per heavy atom. The molecule has 0 aliphatic carbocycles. The first-order valence-electron chi connectivity index (χ1n) is 5.84. The van der Waals surface area contributed by atoms with Crippen molar-refractivity contribution in [2.45, 2.75) is 13.0 Å². The standard InChI is InChI=1S/C13H18ClNO3/c1-3-18-13(16)12(15-8-9-17-2)10-6-4-5-7-11(10)14/h4-7,12,15H,3,8-9H2,1-2H3. The normalized spacial score (nSPS) is 12.2. The number of methoxy groups -OCH3 is 1. The van der Waals surface area contributed by atoms with E-state index in [1.54, 1.807) is 20.1 Å². The molecule has 0 saturated carbocycles. The summed E-state index contributed by atoms with van der Waals surface area (Å²) in [6, 6.07) is 6.66. The van der Waals surface area contributed by atoms with E-state index in [0.29, 0.717) is 30.3 Å². The molecule has 4 nitrogen and oxygen atoms in total. The molecule has 5 heteroatoms. The van der Waals surface area contributed by atoms with Gasteiger partial charge in [0, 0.05) is 18.7 Å². The molecule has 0 aromatic heterocycles. The third kappa shape index (κ3) is 4.29. The maximum Gasteiger partial charge on any atom is 0.327 e. The predicted molar refractivity (Wildman–Crippen MR) is 70.7 cm³/mol. The summed E-state index contributed by atoms with van der Waals surface area (Å²) in [5.74, 6) is -0.332. The molecule has 100 valence electrons. The van der Waals surface area contributed by atoms with Gasteiger partial charge in [-0.2, -0.15) is 0 Å². The van der Waals surface area contributed by atoms with E-state index < -0.39 is 6.04 Å². The topological polar surface area (TPSA) is 47.6 Å². The van der Waals surface area contributed by atoms with Gasteiger partial charge in [-0.1, -0.05) is 29.8 Å². The lowest BCUT2D eigenvalue weighted by Crippen LogP contribution is -2.32. The van der Waals surface area contributed by atoms with Crippen LogP contribution in [0.5, 0.6) is 0 Å². The summed E-state index contributed by atoms with van der Waals surface area (Å²) in [7, 11) is 1.61. The summed E-state index contributed by atoms with van der Waals surface area (Å²) in [4.78, 5) is 11.9. The van der Waals surface area contributed by atoms with E-state index in [1.165, 1.54) is 0 Å². The summed E-state index contributed by atoms with van der Waals surface area (Å²) in [6.07, 6.45) is 0. The quantitative estimate of drug-likeness (QED) is 0.610. The van der Waals surface area contributed by atoms with Crippen molar-refractivity contribution >= 4 is 17.6 Å². The molecule has 0 aliphatic heterocycles. The molecule has 0 heterocycles. The molecular weight excluding hydrogens is 254 g/mol. The molecule has 0 radical (unpaired) electrons. The predicted octanol–water partition coefficient (Wildman–Crippen LogP) is 2.18. The molecule has 0 amide bonds. The van der Waals surface area contributed by atoms with Crippen LogP contribution in [0.1, 0.15) is 18.5 Å². The van der Waals surface area contributed by atoms with Gasteiger partial charge in [-0.05, 0) is 18.6 Å². The highest BCUT2D eigenvalue weighted by Gasteiger charge is 2.23. The van der Waals surface area contributed by atoms with Gasteiger partial charge in [0.05, 0.1) is 13.2 Å². The van der Waals surface area contributed by atoms with Crippen LogP contribution in [0.3, 0.4) is 0 Å². The Kier molecular flexibility index (Phi) is 6.72. The van der Waals surface area contributed by atoms with Crippen LogP contribution in [0.2, 0.25) is 5.02 Å². The van der Waals surface area contributed by atoms with E-state index in [4.69, 9.17) is 21.1 Å². The lowest BCUT2D eigenvalue weighted by molar-refractivity contribution is -0.145. The van der Waals surface area contributed by atoms with E-state index in [1.807, 2.05) is 18.2 Å². The number of carbonyl (C=O) groups excluding carboxylic acids is 1. The van der Waals surface area contributed by atoms with Gasteiger partial charge in [0.2, 0.25) is 0 Å². The van der Waals surface area contributed by atoms with E-state index in [0.717, 1.165) is 0 Å². The molecule has 0 aliphatic rings. The number of ether oxygens (including phenoxy) is 2. The lowest BCUT2D eigenvalue weighted by Gasteiger charge is -2.18. The third-order valence-corrected chi connectivity index (χ3v) is 2.74. The molecule has 1 aromatic carbocycles. The highest BCUT2D eigenvalue weighted by Crippen LogP contribution is 2.23. The Balaban J connectivity index is 2.82. The van der Waals surface area contributed by atoms with Crippen LogP contribution in [0.4, 0.5) is 0 Å².